The van der Waals surface area contributed by atoms with Gasteiger partial charge in [-0.1, -0.05) is 60.7 Å². The van der Waals surface area contributed by atoms with Gasteiger partial charge in [0.1, 0.15) is 12.1 Å². The van der Waals surface area contributed by atoms with Crippen LogP contribution in [-0.2, 0) is 11.2 Å². The van der Waals surface area contributed by atoms with E-state index in [9.17, 15) is 9.59 Å². The normalized spacial score (nSPS) is 20.3. The van der Waals surface area contributed by atoms with E-state index in [-0.39, 0.29) is 18.0 Å². The maximum absolute atomic E-state index is 13.7. The number of benzene rings is 3. The lowest BCUT2D eigenvalue weighted by Crippen LogP contribution is -2.44. The van der Waals surface area contributed by atoms with Gasteiger partial charge in [-0.25, -0.2) is 9.69 Å². The van der Waals surface area contributed by atoms with E-state index < -0.39 is 6.04 Å². The van der Waals surface area contributed by atoms with Crippen LogP contribution in [-0.4, -0.2) is 27.9 Å². The number of anilines is 1. The number of para-hydroxylation sites is 1. The molecule has 0 radical (unpaired) electrons. The molecule has 3 aromatic carbocycles. The lowest BCUT2D eigenvalue weighted by atomic mass is 9.89. The van der Waals surface area contributed by atoms with E-state index in [1.165, 1.54) is 4.90 Å². The topological polar surface area (TPSA) is 56.4 Å². The molecule has 5 nitrogen and oxygen atoms in total. The van der Waals surface area contributed by atoms with Crippen LogP contribution in [0.1, 0.15) is 28.4 Å². The van der Waals surface area contributed by atoms with Crippen LogP contribution in [0.5, 0.6) is 0 Å². The molecule has 152 valence electrons. The van der Waals surface area contributed by atoms with E-state index in [1.807, 2.05) is 79.7 Å². The van der Waals surface area contributed by atoms with Crippen LogP contribution in [0.4, 0.5) is 10.5 Å². The Bertz CT molecular complexity index is 1340. The van der Waals surface area contributed by atoms with Crippen molar-refractivity contribution in [2.75, 3.05) is 4.90 Å². The van der Waals surface area contributed by atoms with Crippen molar-refractivity contribution >= 4 is 28.5 Å². The zero-order valence-corrected chi connectivity index (χ0v) is 17.1. The summed E-state index contributed by atoms with van der Waals surface area (Å²) in [4.78, 5) is 33.9. The molecule has 1 fully saturated rings. The highest BCUT2D eigenvalue weighted by atomic mass is 16.2. The summed E-state index contributed by atoms with van der Waals surface area (Å²) in [6.45, 7) is 1.96. The van der Waals surface area contributed by atoms with Crippen LogP contribution >= 0.6 is 0 Å². The summed E-state index contributed by atoms with van der Waals surface area (Å²) in [5.74, 6) is -0.160. The van der Waals surface area contributed by atoms with Crippen LogP contribution in [0.15, 0.2) is 78.9 Å². The Balaban J connectivity index is 1.55. The molecule has 2 aliphatic heterocycles. The Morgan fingerprint density at radius 3 is 2.48 bits per heavy atom. The minimum absolute atomic E-state index is 0.160. The van der Waals surface area contributed by atoms with Crippen molar-refractivity contribution in [3.8, 4) is 0 Å². The predicted octanol–water partition coefficient (Wildman–Crippen LogP) is 4.96. The number of carbonyl (C=O) groups excluding carboxylic acids is 2. The molecule has 2 atom stereocenters. The van der Waals surface area contributed by atoms with E-state index in [0.717, 1.165) is 33.3 Å². The molecule has 2 aliphatic rings. The van der Waals surface area contributed by atoms with Gasteiger partial charge in [0, 0.05) is 23.0 Å². The van der Waals surface area contributed by atoms with Crippen LogP contribution in [0.25, 0.3) is 10.9 Å². The van der Waals surface area contributed by atoms with Gasteiger partial charge >= 0.3 is 6.03 Å². The second-order valence-electron chi connectivity index (χ2n) is 8.30. The molecule has 0 saturated carbocycles. The first-order valence-electron chi connectivity index (χ1n) is 10.5. The molecule has 0 spiro atoms. The van der Waals surface area contributed by atoms with Gasteiger partial charge in [-0.3, -0.25) is 9.69 Å². The van der Waals surface area contributed by atoms with E-state index in [0.29, 0.717) is 12.1 Å². The second-order valence-corrected chi connectivity index (χ2v) is 8.30. The Labute approximate surface area is 179 Å². The zero-order valence-electron chi connectivity index (χ0n) is 17.1. The van der Waals surface area contributed by atoms with Crippen molar-refractivity contribution in [3.63, 3.8) is 0 Å². The second kappa shape index (κ2) is 6.57. The van der Waals surface area contributed by atoms with Gasteiger partial charge in [-0.15, -0.1) is 0 Å². The summed E-state index contributed by atoms with van der Waals surface area (Å²) in [6.07, 6.45) is 0.509. The molecule has 1 unspecified atom stereocenters. The van der Waals surface area contributed by atoms with Gasteiger partial charge in [0.05, 0.1) is 5.69 Å². The van der Waals surface area contributed by atoms with Crippen LogP contribution in [0, 0.1) is 6.92 Å². The summed E-state index contributed by atoms with van der Waals surface area (Å²) in [5.41, 5.74) is 5.79. The quantitative estimate of drug-likeness (QED) is 0.478. The number of imide groups is 1. The van der Waals surface area contributed by atoms with Crippen molar-refractivity contribution < 1.29 is 9.59 Å². The lowest BCUT2D eigenvalue weighted by Gasteiger charge is -2.36. The number of nitrogens with one attached hydrogen (secondary N) is 1. The van der Waals surface area contributed by atoms with Crippen molar-refractivity contribution in [2.45, 2.75) is 25.4 Å². The summed E-state index contributed by atoms with van der Waals surface area (Å²) < 4.78 is 0. The third-order valence-electron chi connectivity index (χ3n) is 6.42. The Hall–Kier alpha value is -3.86. The van der Waals surface area contributed by atoms with Gasteiger partial charge < -0.3 is 4.98 Å². The van der Waals surface area contributed by atoms with Gasteiger partial charge in [0.2, 0.25) is 0 Å². The monoisotopic (exact) mass is 407 g/mol. The number of carbonyl (C=O) groups is 2. The number of hydrogen-bond donors (Lipinski definition) is 1. The molecule has 1 saturated heterocycles. The highest BCUT2D eigenvalue weighted by molar-refractivity contribution is 6.22. The number of nitrogens with zero attached hydrogens (tertiary/aromatic N) is 2. The molecule has 1 aromatic heterocycles. The minimum atomic E-state index is -0.523. The molecule has 1 N–H and O–H groups in total. The smallest absolute Gasteiger partial charge is 0.332 e. The van der Waals surface area contributed by atoms with E-state index in [2.05, 4.69) is 11.1 Å². The zero-order chi connectivity index (χ0) is 21.1. The average molecular weight is 407 g/mol. The first-order chi connectivity index (χ1) is 15.1. The Kier molecular flexibility index (Phi) is 3.81. The lowest BCUT2D eigenvalue weighted by molar-refractivity contribution is -0.120. The highest BCUT2D eigenvalue weighted by Gasteiger charge is 2.53. The molecule has 0 bridgehead atoms. The summed E-state index contributed by atoms with van der Waals surface area (Å²) >= 11 is 0. The molecule has 3 heterocycles. The number of aromatic amines is 1. The fourth-order valence-electron chi connectivity index (χ4n) is 5.06. The molecule has 4 aromatic rings. The average Bonchev–Trinajstić information content (AvgIpc) is 3.28. The van der Waals surface area contributed by atoms with Gasteiger partial charge in [0.25, 0.3) is 5.91 Å². The number of aryl methyl sites for hydroxylation is 1. The van der Waals surface area contributed by atoms with Crippen LogP contribution in [0.2, 0.25) is 0 Å². The third kappa shape index (κ3) is 2.56. The van der Waals surface area contributed by atoms with Gasteiger partial charge in [0.15, 0.2) is 0 Å². The number of rotatable bonds is 2. The molecular formula is C26H21N3O2. The maximum atomic E-state index is 13.7. The van der Waals surface area contributed by atoms with Crippen molar-refractivity contribution in [1.29, 1.82) is 0 Å². The third-order valence-corrected chi connectivity index (χ3v) is 6.42. The van der Waals surface area contributed by atoms with Gasteiger partial charge in [-0.05, 0) is 41.8 Å². The SMILES string of the molecule is Cc1cccc(N2C(=O)[C@@H]3Cc4c([nH]c5ccccc45)C(c4ccccc4)N3C2=O)c1. The maximum Gasteiger partial charge on any atom is 0.332 e. The van der Waals surface area contributed by atoms with E-state index >= 15 is 0 Å². The van der Waals surface area contributed by atoms with Crippen molar-refractivity contribution in [1.82, 2.24) is 9.88 Å². The van der Waals surface area contributed by atoms with Crippen molar-refractivity contribution in [2.24, 2.45) is 0 Å². The number of hydrogen-bond acceptors (Lipinski definition) is 2. The predicted molar refractivity (Wildman–Crippen MR) is 120 cm³/mol. The Morgan fingerprint density at radius 1 is 0.903 bits per heavy atom. The number of urea groups is 1. The summed E-state index contributed by atoms with van der Waals surface area (Å²) in [6, 6.07) is 24.5. The van der Waals surface area contributed by atoms with Crippen LogP contribution < -0.4 is 4.90 Å². The molecule has 31 heavy (non-hydrogen) atoms. The summed E-state index contributed by atoms with van der Waals surface area (Å²) in [5, 5.41) is 1.12. The van der Waals surface area contributed by atoms with Gasteiger partial charge in [-0.2, -0.15) is 0 Å². The fourth-order valence-corrected chi connectivity index (χ4v) is 5.06. The first-order valence-corrected chi connectivity index (χ1v) is 10.5. The molecule has 5 heteroatoms. The number of amides is 3. The largest absolute Gasteiger partial charge is 0.356 e. The number of aromatic nitrogens is 1. The van der Waals surface area contributed by atoms with E-state index in [4.69, 9.17) is 0 Å². The molecule has 0 aliphatic carbocycles. The van der Waals surface area contributed by atoms with Crippen molar-refractivity contribution in [3.05, 3.63) is 101 Å². The number of fused-ring (bicyclic) bond motifs is 4. The molecular weight excluding hydrogens is 386 g/mol. The molecule has 6 rings (SSSR count). The van der Waals surface area contributed by atoms with E-state index in [1.54, 1.807) is 4.90 Å². The summed E-state index contributed by atoms with van der Waals surface area (Å²) in [7, 11) is 0. The molecule has 3 amide bonds. The Morgan fingerprint density at radius 2 is 1.68 bits per heavy atom. The highest BCUT2D eigenvalue weighted by Crippen LogP contribution is 2.44. The first kappa shape index (κ1) is 18.0. The number of H-pyrrole nitrogens is 1. The van der Waals surface area contributed by atoms with Crippen LogP contribution in [0.3, 0.4) is 0 Å². The minimum Gasteiger partial charge on any atom is -0.356 e. The standard InChI is InChI=1S/C26H21N3O2/c1-16-8-7-11-18(14-16)28-25(30)22-15-20-19-12-5-6-13-21(19)27-23(20)24(29(22)26(28)31)17-9-3-2-4-10-17/h2-14,22,24,27H,15H2,1H3/t22-,24?/m0/s1. The fraction of sp³-hybridized carbons (Fsp3) is 0.154.